The molecule has 2 amide bonds. The first-order chi connectivity index (χ1) is 16.9. The fraction of sp³-hybridized carbons (Fsp3) is 0.400. The lowest BCUT2D eigenvalue weighted by molar-refractivity contribution is -0.121. The van der Waals surface area contributed by atoms with E-state index in [1.54, 1.807) is 0 Å². The minimum absolute atomic E-state index is 0.00257. The molecule has 1 aromatic heterocycles. The van der Waals surface area contributed by atoms with Crippen LogP contribution >= 0.6 is 0 Å². The highest BCUT2D eigenvalue weighted by Crippen LogP contribution is 2.47. The van der Waals surface area contributed by atoms with Gasteiger partial charge in [-0.1, -0.05) is 19.1 Å². The predicted molar refractivity (Wildman–Crippen MR) is 135 cm³/mol. The number of aromatic amines is 1. The second-order valence-electron chi connectivity index (χ2n) is 9.50. The van der Waals surface area contributed by atoms with Gasteiger partial charge in [-0.15, -0.1) is 0 Å². The Morgan fingerprint density at radius 1 is 1.20 bits per heavy atom. The molecule has 2 saturated carbocycles. The lowest BCUT2D eigenvalue weighted by atomic mass is 9.92. The second kappa shape index (κ2) is 9.01. The van der Waals surface area contributed by atoms with Gasteiger partial charge in [-0.25, -0.2) is 0 Å². The molecule has 184 valence electrons. The number of para-hydroxylation sites is 1. The van der Waals surface area contributed by atoms with Gasteiger partial charge in [-0.05, 0) is 38.2 Å². The molecule has 1 atom stereocenters. The van der Waals surface area contributed by atoms with Crippen molar-refractivity contribution in [1.29, 1.82) is 0 Å². The standard InChI is InChI=1S/C25H32N8O2/c1-3-19-22-16(12-28-32-22)15-5-4-6-17(23(15)33(19)2)30-18(21(27)25(35)29-14-9-10-14)11-20(26)31-24(34)13-7-8-13/h4-6,11-14,19,30H,3,7-10,26-27H2,1-2H3,(H,28,32)(H,29,35)(H,31,34)/b20-11+,21-18+/t19-/m1/s1. The second-order valence-corrected chi connectivity index (χ2v) is 9.50. The molecule has 8 N–H and O–H groups in total. The Labute approximate surface area is 204 Å². The smallest absolute Gasteiger partial charge is 0.269 e. The number of hydrogen-bond acceptors (Lipinski definition) is 7. The van der Waals surface area contributed by atoms with Gasteiger partial charge in [-0.3, -0.25) is 14.7 Å². The van der Waals surface area contributed by atoms with Gasteiger partial charge in [0.25, 0.3) is 5.91 Å². The molecule has 0 spiro atoms. The van der Waals surface area contributed by atoms with Gasteiger partial charge >= 0.3 is 0 Å². The number of allylic oxidation sites excluding steroid dienone is 1. The highest BCUT2D eigenvalue weighted by atomic mass is 16.2. The van der Waals surface area contributed by atoms with E-state index in [4.69, 9.17) is 11.5 Å². The number of H-pyrrole nitrogens is 1. The Bertz CT molecular complexity index is 1220. The summed E-state index contributed by atoms with van der Waals surface area (Å²) in [5.41, 5.74) is 17.7. The lowest BCUT2D eigenvalue weighted by Crippen LogP contribution is -2.33. The number of benzene rings is 1. The van der Waals surface area contributed by atoms with E-state index in [1.165, 1.54) is 6.08 Å². The summed E-state index contributed by atoms with van der Waals surface area (Å²) < 4.78 is 0. The minimum atomic E-state index is -0.366. The number of anilines is 2. The van der Waals surface area contributed by atoms with Gasteiger partial charge < -0.3 is 32.3 Å². The van der Waals surface area contributed by atoms with E-state index < -0.39 is 0 Å². The van der Waals surface area contributed by atoms with Crippen molar-refractivity contribution in [3.8, 4) is 11.1 Å². The van der Waals surface area contributed by atoms with Crippen LogP contribution in [-0.2, 0) is 9.59 Å². The van der Waals surface area contributed by atoms with Gasteiger partial charge in [0, 0.05) is 36.2 Å². The molecule has 2 aliphatic carbocycles. The van der Waals surface area contributed by atoms with Crippen LogP contribution < -0.4 is 32.3 Å². The van der Waals surface area contributed by atoms with E-state index in [1.807, 2.05) is 31.4 Å². The number of fused-ring (bicyclic) bond motifs is 3. The molecule has 1 aliphatic heterocycles. The van der Waals surface area contributed by atoms with Crippen molar-refractivity contribution >= 4 is 23.2 Å². The minimum Gasteiger partial charge on any atom is -0.393 e. The van der Waals surface area contributed by atoms with E-state index in [0.29, 0.717) is 5.70 Å². The number of carbonyl (C=O) groups excluding carboxylic acids is 2. The van der Waals surface area contributed by atoms with Gasteiger partial charge in [0.2, 0.25) is 5.91 Å². The summed E-state index contributed by atoms with van der Waals surface area (Å²) in [6, 6.07) is 6.19. The van der Waals surface area contributed by atoms with Gasteiger partial charge in [0.05, 0.1) is 35.0 Å². The number of amides is 2. The molecule has 2 fully saturated rings. The van der Waals surface area contributed by atoms with E-state index in [2.05, 4.69) is 38.0 Å². The summed E-state index contributed by atoms with van der Waals surface area (Å²) in [7, 11) is 2.04. The third-order valence-corrected chi connectivity index (χ3v) is 6.77. The topological polar surface area (TPSA) is 154 Å². The number of nitrogens with one attached hydrogen (secondary N) is 4. The third kappa shape index (κ3) is 4.55. The molecular weight excluding hydrogens is 444 g/mol. The largest absolute Gasteiger partial charge is 0.393 e. The fourth-order valence-electron chi connectivity index (χ4n) is 4.55. The van der Waals surface area contributed by atoms with E-state index in [0.717, 1.165) is 60.3 Å². The average molecular weight is 477 g/mol. The molecule has 35 heavy (non-hydrogen) atoms. The number of carbonyl (C=O) groups is 2. The van der Waals surface area contributed by atoms with Crippen molar-refractivity contribution in [2.24, 2.45) is 17.4 Å². The van der Waals surface area contributed by atoms with Crippen LogP contribution in [0.1, 0.15) is 50.8 Å². The van der Waals surface area contributed by atoms with Crippen LogP contribution in [0, 0.1) is 5.92 Å². The number of aromatic nitrogens is 2. The average Bonchev–Trinajstić information content (AvgIpc) is 3.77. The Hall–Kier alpha value is -3.95. The molecule has 1 aromatic carbocycles. The summed E-state index contributed by atoms with van der Waals surface area (Å²) in [5.74, 6) is -0.348. The van der Waals surface area contributed by atoms with Crippen molar-refractivity contribution in [2.45, 2.75) is 51.1 Å². The van der Waals surface area contributed by atoms with Crippen molar-refractivity contribution in [2.75, 3.05) is 17.3 Å². The summed E-state index contributed by atoms with van der Waals surface area (Å²) in [6.45, 7) is 2.13. The van der Waals surface area contributed by atoms with Gasteiger partial charge in [-0.2, -0.15) is 5.10 Å². The maximum absolute atomic E-state index is 12.8. The van der Waals surface area contributed by atoms with Crippen molar-refractivity contribution in [3.05, 3.63) is 53.4 Å². The third-order valence-electron chi connectivity index (χ3n) is 6.77. The molecule has 2 heterocycles. The van der Waals surface area contributed by atoms with Crippen LogP contribution in [0.4, 0.5) is 11.4 Å². The molecule has 10 nitrogen and oxygen atoms in total. The molecule has 0 unspecified atom stereocenters. The maximum Gasteiger partial charge on any atom is 0.269 e. The van der Waals surface area contributed by atoms with E-state index in [9.17, 15) is 9.59 Å². The van der Waals surface area contributed by atoms with Crippen LogP contribution in [-0.4, -0.2) is 35.1 Å². The molecule has 3 aliphatic rings. The lowest BCUT2D eigenvalue weighted by Gasteiger charge is -2.36. The van der Waals surface area contributed by atoms with Gasteiger partial charge in [0.15, 0.2) is 0 Å². The first-order valence-corrected chi connectivity index (χ1v) is 12.1. The highest BCUT2D eigenvalue weighted by molar-refractivity contribution is 5.96. The molecule has 10 heteroatoms. The molecule has 0 radical (unpaired) electrons. The number of nitrogens with zero attached hydrogens (tertiary/aromatic N) is 2. The quantitative estimate of drug-likeness (QED) is 0.252. The first-order valence-electron chi connectivity index (χ1n) is 12.1. The van der Waals surface area contributed by atoms with Crippen LogP contribution in [0.2, 0.25) is 0 Å². The Kier molecular flexibility index (Phi) is 5.88. The normalized spacial score (nSPS) is 19.9. The summed E-state index contributed by atoms with van der Waals surface area (Å²) in [6.07, 6.45) is 7.86. The maximum atomic E-state index is 12.8. The van der Waals surface area contributed by atoms with Crippen LogP contribution in [0.15, 0.2) is 47.7 Å². The first kappa shape index (κ1) is 22.8. The molecule has 5 rings (SSSR count). The van der Waals surface area contributed by atoms with Crippen molar-refractivity contribution < 1.29 is 9.59 Å². The number of rotatable bonds is 8. The van der Waals surface area contributed by atoms with Crippen LogP contribution in [0.25, 0.3) is 11.1 Å². The highest BCUT2D eigenvalue weighted by Gasteiger charge is 2.32. The van der Waals surface area contributed by atoms with Crippen LogP contribution in [0.5, 0.6) is 0 Å². The monoisotopic (exact) mass is 476 g/mol. The zero-order chi connectivity index (χ0) is 24.7. The zero-order valence-electron chi connectivity index (χ0n) is 20.0. The Morgan fingerprint density at radius 3 is 2.66 bits per heavy atom. The van der Waals surface area contributed by atoms with E-state index >= 15 is 0 Å². The Balaban J connectivity index is 1.52. The molecule has 0 saturated heterocycles. The summed E-state index contributed by atoms with van der Waals surface area (Å²) >= 11 is 0. The number of hydrogen-bond donors (Lipinski definition) is 6. The number of nitrogens with two attached hydrogens (primary N) is 2. The summed E-state index contributed by atoms with van der Waals surface area (Å²) in [5, 5.41) is 16.4. The molecule has 2 aromatic rings. The molecule has 0 bridgehead atoms. The predicted octanol–water partition coefficient (Wildman–Crippen LogP) is 2.16. The SMILES string of the molecule is CC[C@@H]1c2[nH]ncc2-c2cccc(NC(/C=C(\N)NC(=O)C3CC3)=C(/N)C(=O)NC3CC3)c2N1C. The van der Waals surface area contributed by atoms with E-state index in [-0.39, 0.29) is 41.3 Å². The molecular formula is C25H32N8O2. The zero-order valence-corrected chi connectivity index (χ0v) is 20.0. The van der Waals surface area contributed by atoms with Gasteiger partial charge in [0.1, 0.15) is 11.5 Å². The van der Waals surface area contributed by atoms with Crippen molar-refractivity contribution in [1.82, 2.24) is 20.8 Å². The van der Waals surface area contributed by atoms with Crippen molar-refractivity contribution in [3.63, 3.8) is 0 Å². The summed E-state index contributed by atoms with van der Waals surface area (Å²) in [4.78, 5) is 27.2. The fourth-order valence-corrected chi connectivity index (χ4v) is 4.55. The Morgan fingerprint density at radius 2 is 1.97 bits per heavy atom. The van der Waals surface area contributed by atoms with Crippen LogP contribution in [0.3, 0.4) is 0 Å².